The maximum atomic E-state index is 10.5. The first-order chi connectivity index (χ1) is 4.72. The van der Waals surface area contributed by atoms with E-state index in [2.05, 4.69) is 6.07 Å². The first-order valence-electron chi connectivity index (χ1n) is 2.68. The van der Waals surface area contributed by atoms with Crippen molar-refractivity contribution < 1.29 is 4.79 Å². The van der Waals surface area contributed by atoms with E-state index in [0.717, 1.165) is 0 Å². The zero-order valence-corrected chi connectivity index (χ0v) is 5.85. The highest BCUT2D eigenvalue weighted by molar-refractivity contribution is 6.33. The van der Waals surface area contributed by atoms with E-state index >= 15 is 0 Å². The molecule has 0 aliphatic carbocycles. The first-order valence-corrected chi connectivity index (χ1v) is 3.05. The molecule has 0 heterocycles. The molecule has 0 aromatic heterocycles. The summed E-state index contributed by atoms with van der Waals surface area (Å²) in [7, 11) is 0. The Labute approximate surface area is 63.6 Å². The predicted molar refractivity (Wildman–Crippen MR) is 38.8 cm³/mol. The van der Waals surface area contributed by atoms with E-state index in [1.54, 1.807) is 18.2 Å². The van der Waals surface area contributed by atoms with E-state index in [1.165, 1.54) is 0 Å². The van der Waals surface area contributed by atoms with Crippen LogP contribution < -0.4 is 5.73 Å². The molecule has 1 rings (SSSR count). The summed E-state index contributed by atoms with van der Waals surface area (Å²) in [6.07, 6.45) is 0. The molecule has 10 heavy (non-hydrogen) atoms. The molecule has 51 valence electrons. The van der Waals surface area contributed by atoms with Crippen LogP contribution in [0, 0.1) is 6.07 Å². The number of hydrogen-bond acceptors (Lipinski definition) is 1. The predicted octanol–water partition coefficient (Wildman–Crippen LogP) is 1.24. The van der Waals surface area contributed by atoms with E-state index < -0.39 is 5.91 Å². The van der Waals surface area contributed by atoms with Crippen LogP contribution in [0.2, 0.25) is 5.02 Å². The molecule has 0 aliphatic rings. The van der Waals surface area contributed by atoms with Gasteiger partial charge in [-0.25, -0.2) is 0 Å². The van der Waals surface area contributed by atoms with Gasteiger partial charge in [0.25, 0.3) is 0 Å². The van der Waals surface area contributed by atoms with E-state index in [4.69, 9.17) is 17.3 Å². The fraction of sp³-hybridized carbons (Fsp3) is 0. The smallest absolute Gasteiger partial charge is 0.250 e. The zero-order valence-electron chi connectivity index (χ0n) is 5.10. The second-order valence-corrected chi connectivity index (χ2v) is 2.14. The number of rotatable bonds is 1. The molecular weight excluding hydrogens is 150 g/mol. The van der Waals surface area contributed by atoms with Crippen molar-refractivity contribution in [1.82, 2.24) is 0 Å². The molecule has 0 unspecified atom stereocenters. The van der Waals surface area contributed by atoms with Crippen molar-refractivity contribution in [1.29, 1.82) is 0 Å². The average molecular weight is 155 g/mol. The molecule has 0 bridgehead atoms. The lowest BCUT2D eigenvalue weighted by Crippen LogP contribution is -2.11. The van der Waals surface area contributed by atoms with Gasteiger partial charge < -0.3 is 5.73 Å². The highest BCUT2D eigenvalue weighted by atomic mass is 35.5. The minimum atomic E-state index is -0.526. The molecule has 0 aliphatic heterocycles. The van der Waals surface area contributed by atoms with Gasteiger partial charge >= 0.3 is 0 Å². The Hall–Kier alpha value is -1.02. The van der Waals surface area contributed by atoms with Gasteiger partial charge in [0.05, 0.1) is 10.6 Å². The van der Waals surface area contributed by atoms with Gasteiger partial charge in [-0.05, 0) is 6.07 Å². The van der Waals surface area contributed by atoms with Gasteiger partial charge in [0.2, 0.25) is 5.91 Å². The van der Waals surface area contributed by atoms with Crippen LogP contribution in [-0.2, 0) is 0 Å². The summed E-state index contributed by atoms with van der Waals surface area (Å²) in [4.78, 5) is 10.5. The first kappa shape index (κ1) is 7.09. The van der Waals surface area contributed by atoms with Crippen LogP contribution in [0.5, 0.6) is 0 Å². The van der Waals surface area contributed by atoms with Crippen LogP contribution in [0.15, 0.2) is 18.2 Å². The van der Waals surface area contributed by atoms with Crippen molar-refractivity contribution in [2.24, 2.45) is 5.73 Å². The number of carbonyl (C=O) groups is 1. The third-order valence-corrected chi connectivity index (χ3v) is 1.38. The van der Waals surface area contributed by atoms with E-state index in [9.17, 15) is 4.79 Å². The summed E-state index contributed by atoms with van der Waals surface area (Å²) in [5.74, 6) is -0.526. The number of benzene rings is 1. The molecule has 0 saturated carbocycles. The van der Waals surface area contributed by atoms with Crippen molar-refractivity contribution in [3.63, 3.8) is 0 Å². The summed E-state index contributed by atoms with van der Waals surface area (Å²) in [6.45, 7) is 0. The maximum absolute atomic E-state index is 10.5. The molecule has 1 aromatic rings. The second-order valence-electron chi connectivity index (χ2n) is 1.76. The molecule has 0 atom stereocenters. The molecule has 1 radical (unpaired) electrons. The minimum absolute atomic E-state index is 0.273. The molecule has 2 N–H and O–H groups in total. The van der Waals surface area contributed by atoms with Crippen molar-refractivity contribution in [2.75, 3.05) is 0 Å². The van der Waals surface area contributed by atoms with Gasteiger partial charge in [-0.1, -0.05) is 23.7 Å². The standard InChI is InChI=1S/C7H5ClNO/c8-6-4-2-1-3-5(6)7(9)10/h1-3H,(H2,9,10). The Bertz CT molecular complexity index is 260. The van der Waals surface area contributed by atoms with Crippen molar-refractivity contribution in [2.45, 2.75) is 0 Å². The van der Waals surface area contributed by atoms with Crippen LogP contribution in [0.1, 0.15) is 10.4 Å². The van der Waals surface area contributed by atoms with E-state index in [0.29, 0.717) is 5.56 Å². The normalized spacial score (nSPS) is 9.30. The van der Waals surface area contributed by atoms with E-state index in [1.807, 2.05) is 0 Å². The van der Waals surface area contributed by atoms with Crippen LogP contribution in [-0.4, -0.2) is 5.91 Å². The monoisotopic (exact) mass is 154 g/mol. The van der Waals surface area contributed by atoms with Gasteiger partial charge in [-0.15, -0.1) is 0 Å². The Balaban J connectivity index is 3.15. The van der Waals surface area contributed by atoms with Gasteiger partial charge in [-0.2, -0.15) is 0 Å². The Kier molecular flexibility index (Phi) is 1.92. The molecule has 0 spiro atoms. The van der Waals surface area contributed by atoms with Crippen LogP contribution in [0.3, 0.4) is 0 Å². The summed E-state index contributed by atoms with van der Waals surface area (Å²) >= 11 is 5.56. The molecule has 0 saturated heterocycles. The summed E-state index contributed by atoms with van der Waals surface area (Å²) < 4.78 is 0. The van der Waals surface area contributed by atoms with Crippen molar-refractivity contribution in [3.05, 3.63) is 34.9 Å². The zero-order chi connectivity index (χ0) is 7.56. The number of carbonyl (C=O) groups excluding carboxylic acids is 1. The van der Waals surface area contributed by atoms with Gasteiger partial charge in [0.15, 0.2) is 0 Å². The lowest BCUT2D eigenvalue weighted by molar-refractivity contribution is 0.100. The third kappa shape index (κ3) is 1.28. The SMILES string of the molecule is NC(=O)c1ccc[c]c1Cl. The maximum Gasteiger partial charge on any atom is 0.250 e. The summed E-state index contributed by atoms with van der Waals surface area (Å²) in [5, 5.41) is 0.273. The summed E-state index contributed by atoms with van der Waals surface area (Å²) in [6, 6.07) is 7.48. The van der Waals surface area contributed by atoms with Crippen LogP contribution >= 0.6 is 11.6 Å². The number of amides is 1. The number of halogens is 1. The molecule has 0 fully saturated rings. The fourth-order valence-corrected chi connectivity index (χ4v) is 0.826. The van der Waals surface area contributed by atoms with Gasteiger partial charge in [0.1, 0.15) is 0 Å². The van der Waals surface area contributed by atoms with Crippen LogP contribution in [0.4, 0.5) is 0 Å². The second kappa shape index (κ2) is 2.71. The molecule has 1 amide bonds. The molecule has 2 nitrogen and oxygen atoms in total. The Morgan fingerprint density at radius 3 is 2.80 bits per heavy atom. The van der Waals surface area contributed by atoms with Crippen LogP contribution in [0.25, 0.3) is 0 Å². The topological polar surface area (TPSA) is 43.1 Å². The van der Waals surface area contributed by atoms with Gasteiger partial charge in [0, 0.05) is 6.07 Å². The molecule has 1 aromatic carbocycles. The summed E-state index contributed by atoms with van der Waals surface area (Å²) in [5.41, 5.74) is 5.28. The highest BCUT2D eigenvalue weighted by Gasteiger charge is 2.02. The van der Waals surface area contributed by atoms with Crippen molar-refractivity contribution in [3.8, 4) is 0 Å². The molecule has 3 heteroatoms. The van der Waals surface area contributed by atoms with Crippen molar-refractivity contribution >= 4 is 17.5 Å². The Morgan fingerprint density at radius 1 is 1.70 bits per heavy atom. The highest BCUT2D eigenvalue weighted by Crippen LogP contribution is 2.12. The number of primary amides is 1. The van der Waals surface area contributed by atoms with E-state index in [-0.39, 0.29) is 5.02 Å². The number of hydrogen-bond donors (Lipinski definition) is 1. The molecular formula is C7H5ClNO. The Morgan fingerprint density at radius 2 is 2.40 bits per heavy atom. The lowest BCUT2D eigenvalue weighted by atomic mass is 10.2. The van der Waals surface area contributed by atoms with Gasteiger partial charge in [-0.3, -0.25) is 4.79 Å². The lowest BCUT2D eigenvalue weighted by Gasteiger charge is -1.94. The fourth-order valence-electron chi connectivity index (χ4n) is 0.607. The largest absolute Gasteiger partial charge is 0.366 e. The average Bonchev–Trinajstić information content (AvgIpc) is 1.88. The number of nitrogens with two attached hydrogens (primary N) is 1. The minimum Gasteiger partial charge on any atom is -0.366 e. The third-order valence-electron chi connectivity index (χ3n) is 1.07. The quantitative estimate of drug-likeness (QED) is 0.650.